The van der Waals surface area contributed by atoms with E-state index >= 15 is 0 Å². The Labute approximate surface area is 262 Å². The molecule has 3 aromatic carbocycles. The molecule has 38 heavy (non-hydrogen) atoms. The Balaban J connectivity index is 0.00000241. The molecule has 1 aliphatic carbocycles. The summed E-state index contributed by atoms with van der Waals surface area (Å²) in [5.41, 5.74) is 8.91. The second kappa shape index (κ2) is 12.6. The molecular formula is C33H39Cl3SiTi. The summed E-state index contributed by atoms with van der Waals surface area (Å²) in [6.07, 6.45) is 7.61. The molecule has 0 N–H and O–H groups in total. The van der Waals surface area contributed by atoms with E-state index in [2.05, 4.69) is 166 Å². The van der Waals surface area contributed by atoms with Gasteiger partial charge in [0.2, 0.25) is 0 Å². The van der Waals surface area contributed by atoms with Crippen LogP contribution in [0.2, 0.25) is 21.5 Å². The van der Waals surface area contributed by atoms with Gasteiger partial charge in [0.25, 0.3) is 0 Å². The SMILES string of the molecule is Cc1cccc(C(C2=C[C]([Ti+3])([Si](C)(C)C(C)(C)C)C=C2)(c2cccc(C)c2)c2cccc(C)c2)c1.[Cl-].[Cl-].[Cl-]. The number of halogens is 3. The average molecular weight is 618 g/mol. The number of benzene rings is 3. The van der Waals surface area contributed by atoms with E-state index in [0.717, 1.165) is 0 Å². The topological polar surface area (TPSA) is 0 Å². The monoisotopic (exact) mass is 616 g/mol. The summed E-state index contributed by atoms with van der Waals surface area (Å²) in [4.78, 5) is 0. The van der Waals surface area contributed by atoms with Gasteiger partial charge < -0.3 is 37.2 Å². The first-order valence-electron chi connectivity index (χ1n) is 12.7. The zero-order valence-corrected chi connectivity index (χ0v) is 28.6. The third kappa shape index (κ3) is 5.99. The smallest absolute Gasteiger partial charge is 1.00 e. The van der Waals surface area contributed by atoms with Crippen molar-refractivity contribution in [2.45, 2.75) is 68.4 Å². The summed E-state index contributed by atoms with van der Waals surface area (Å²) >= 11 is 2.47. The third-order valence-corrected chi connectivity index (χ3v) is 18.1. The van der Waals surface area contributed by atoms with Crippen LogP contribution in [0.3, 0.4) is 0 Å². The number of rotatable bonds is 5. The van der Waals surface area contributed by atoms with Crippen LogP contribution in [-0.4, -0.2) is 8.07 Å². The molecule has 0 nitrogen and oxygen atoms in total. The van der Waals surface area contributed by atoms with Crippen molar-refractivity contribution in [1.82, 2.24) is 0 Å². The minimum Gasteiger partial charge on any atom is -1.00 e. The molecule has 0 fully saturated rings. The zero-order chi connectivity index (χ0) is 25.6. The van der Waals surface area contributed by atoms with E-state index in [1.54, 1.807) is 0 Å². The maximum atomic E-state index is 2.64. The van der Waals surface area contributed by atoms with Crippen molar-refractivity contribution in [3.05, 3.63) is 130 Å². The average Bonchev–Trinajstić information content (AvgIpc) is 3.18. The van der Waals surface area contributed by atoms with E-state index in [0.29, 0.717) is 0 Å². The van der Waals surface area contributed by atoms with Crippen molar-refractivity contribution >= 4 is 8.07 Å². The van der Waals surface area contributed by atoms with Crippen molar-refractivity contribution < 1.29 is 57.7 Å². The van der Waals surface area contributed by atoms with Gasteiger partial charge in [-0.05, 0) is 0 Å². The molecule has 1 aliphatic rings. The van der Waals surface area contributed by atoms with Gasteiger partial charge in [0.15, 0.2) is 0 Å². The Kier molecular flexibility index (Phi) is 11.6. The van der Waals surface area contributed by atoms with Crippen LogP contribution in [0.15, 0.2) is 96.6 Å². The van der Waals surface area contributed by atoms with Crippen LogP contribution in [0, 0.1) is 20.8 Å². The van der Waals surface area contributed by atoms with Crippen LogP contribution in [0.5, 0.6) is 0 Å². The summed E-state index contributed by atoms with van der Waals surface area (Å²) in [7, 11) is -1.72. The minimum absolute atomic E-state index is 0. The largest absolute Gasteiger partial charge is 1.00 e. The molecule has 0 radical (unpaired) electrons. The van der Waals surface area contributed by atoms with E-state index < -0.39 is 8.07 Å². The quantitative estimate of drug-likeness (QED) is 0.284. The van der Waals surface area contributed by atoms with Crippen LogP contribution in [0.25, 0.3) is 0 Å². The van der Waals surface area contributed by atoms with E-state index in [1.165, 1.54) is 39.0 Å². The molecule has 0 saturated heterocycles. The molecule has 0 spiro atoms. The molecule has 1 unspecified atom stereocenters. The van der Waals surface area contributed by atoms with Gasteiger partial charge in [-0.15, -0.1) is 0 Å². The second-order valence-corrected chi connectivity index (χ2v) is 19.7. The van der Waals surface area contributed by atoms with Crippen molar-refractivity contribution in [3.63, 3.8) is 0 Å². The molecule has 4 rings (SSSR count). The number of hydrogen-bond donors (Lipinski definition) is 0. The molecule has 0 aromatic heterocycles. The van der Waals surface area contributed by atoms with Crippen LogP contribution in [0.4, 0.5) is 0 Å². The van der Waals surface area contributed by atoms with Gasteiger partial charge in [0.1, 0.15) is 0 Å². The molecular weight excluding hydrogens is 579 g/mol. The Morgan fingerprint density at radius 3 is 1.34 bits per heavy atom. The first kappa shape index (κ1) is 35.0. The normalized spacial score (nSPS) is 17.2. The molecule has 0 saturated carbocycles. The van der Waals surface area contributed by atoms with Gasteiger partial charge in [-0.25, -0.2) is 0 Å². The van der Waals surface area contributed by atoms with Crippen LogP contribution in [-0.2, 0) is 25.9 Å². The molecule has 0 amide bonds. The third-order valence-electron chi connectivity index (χ3n) is 8.60. The molecule has 0 aliphatic heterocycles. The Morgan fingerprint density at radius 1 is 0.658 bits per heavy atom. The van der Waals surface area contributed by atoms with E-state index in [-0.39, 0.29) is 51.0 Å². The van der Waals surface area contributed by atoms with E-state index in [9.17, 15) is 0 Å². The Bertz CT molecular complexity index is 1210. The maximum Gasteiger partial charge on any atom is -1.00 e. The maximum absolute atomic E-state index is 2.64. The molecule has 0 heterocycles. The molecule has 0 bridgehead atoms. The van der Waals surface area contributed by atoms with Gasteiger partial charge >= 0.3 is 227 Å². The van der Waals surface area contributed by atoms with Crippen molar-refractivity contribution in [2.75, 3.05) is 0 Å². The predicted molar refractivity (Wildman–Crippen MR) is 151 cm³/mol. The molecule has 3 aromatic rings. The fraction of sp³-hybridized carbons (Fsp3) is 0.333. The minimum atomic E-state index is -1.72. The molecule has 5 heteroatoms. The first-order valence-corrected chi connectivity index (χ1v) is 16.5. The van der Waals surface area contributed by atoms with Gasteiger partial charge in [-0.1, -0.05) is 0 Å². The van der Waals surface area contributed by atoms with Gasteiger partial charge in [0.05, 0.1) is 0 Å². The van der Waals surface area contributed by atoms with Gasteiger partial charge in [-0.3, -0.25) is 0 Å². The summed E-state index contributed by atoms with van der Waals surface area (Å²) < 4.78 is 0.0727. The standard InChI is InChI=1S/C33H39Si.3ClH.Ti/c1-24-12-9-15-27(20-24)33(28-16-10-13-25(2)21-28,29-17-11-14-26(3)22-29)30-18-19-31(23-30)34(7,8)32(4,5)6;;;;/h9-23H,1-8H3;3*1H;/q;;;;+3/p-3. The predicted octanol–water partition coefficient (Wildman–Crippen LogP) is 0.208. The van der Waals surface area contributed by atoms with Gasteiger partial charge in [0, 0.05) is 0 Å². The molecule has 1 atom stereocenters. The summed E-state index contributed by atoms with van der Waals surface area (Å²) in [5.74, 6) is 0. The van der Waals surface area contributed by atoms with Crippen LogP contribution >= 0.6 is 0 Å². The van der Waals surface area contributed by atoms with Gasteiger partial charge in [-0.2, -0.15) is 0 Å². The summed E-state index contributed by atoms with van der Waals surface area (Å²) in [6.45, 7) is 19.0. The summed E-state index contributed by atoms with van der Waals surface area (Å²) in [6, 6.07) is 27.4. The van der Waals surface area contributed by atoms with Crippen molar-refractivity contribution in [3.8, 4) is 0 Å². The van der Waals surface area contributed by atoms with E-state index in [1.807, 2.05) is 0 Å². The second-order valence-electron chi connectivity index (χ2n) is 12.0. The van der Waals surface area contributed by atoms with Crippen LogP contribution < -0.4 is 37.2 Å². The fourth-order valence-corrected chi connectivity index (χ4v) is 9.83. The number of allylic oxidation sites excluding steroid dienone is 4. The number of hydrogen-bond acceptors (Lipinski definition) is 0. The fourth-order valence-electron chi connectivity index (χ4n) is 5.44. The summed E-state index contributed by atoms with van der Waals surface area (Å²) in [5, 5.41) is 0.288. The van der Waals surface area contributed by atoms with Crippen molar-refractivity contribution in [2.24, 2.45) is 0 Å². The zero-order valence-electron chi connectivity index (χ0n) is 23.8. The molecule has 200 valence electrons. The van der Waals surface area contributed by atoms with E-state index in [4.69, 9.17) is 0 Å². The number of aryl methyl sites for hydroxylation is 3. The Morgan fingerprint density at radius 2 is 1.03 bits per heavy atom. The van der Waals surface area contributed by atoms with Crippen molar-refractivity contribution in [1.29, 1.82) is 0 Å². The first-order chi connectivity index (χ1) is 16.3. The Hall–Kier alpha value is -1.06. The van der Waals surface area contributed by atoms with Crippen LogP contribution in [0.1, 0.15) is 54.2 Å².